The second-order valence-corrected chi connectivity index (χ2v) is 8.93. The van der Waals surface area contributed by atoms with Gasteiger partial charge in [0.1, 0.15) is 11.5 Å². The van der Waals surface area contributed by atoms with Crippen molar-refractivity contribution in [3.63, 3.8) is 0 Å². The summed E-state index contributed by atoms with van der Waals surface area (Å²) in [5, 5.41) is 2.38. The molecule has 30 heavy (non-hydrogen) atoms. The number of carbonyl (C=O) groups is 1. The van der Waals surface area contributed by atoms with Crippen LogP contribution in [0.5, 0.6) is 5.75 Å². The Morgan fingerprint density at radius 2 is 2.07 bits per heavy atom. The molecular weight excluding hydrogens is 423 g/mol. The molecule has 7 nitrogen and oxygen atoms in total. The highest BCUT2D eigenvalue weighted by molar-refractivity contribution is 7.89. The molecule has 1 aliphatic heterocycles. The van der Waals surface area contributed by atoms with Gasteiger partial charge in [-0.15, -0.1) is 6.58 Å². The Labute approximate surface area is 171 Å². The fourth-order valence-corrected chi connectivity index (χ4v) is 4.64. The molecule has 1 aliphatic rings. The summed E-state index contributed by atoms with van der Waals surface area (Å²) in [6, 6.07) is 3.39. The standard InChI is InChI=1S/C19H20F3N3O4S/c1-5-18(3)10-29-16-14(30(27,28)24-18)9-25(4)15(16)17(26)23-12-7-6-11(2)13(8-12)19(20,21)22/h5-9,24H,1,10H2,2-4H3,(H,23,26). The molecule has 0 saturated heterocycles. The van der Waals surface area contributed by atoms with Crippen LogP contribution in [0.3, 0.4) is 0 Å². The molecule has 1 aromatic carbocycles. The van der Waals surface area contributed by atoms with Crippen LogP contribution in [-0.2, 0) is 23.2 Å². The number of hydrogen-bond donors (Lipinski definition) is 2. The van der Waals surface area contributed by atoms with Crippen LogP contribution in [-0.4, -0.2) is 31.0 Å². The summed E-state index contributed by atoms with van der Waals surface area (Å²) in [6.07, 6.45) is -2.00. The van der Waals surface area contributed by atoms with Crippen molar-refractivity contribution in [1.82, 2.24) is 9.29 Å². The first-order chi connectivity index (χ1) is 13.8. The Hall–Kier alpha value is -2.79. The minimum atomic E-state index is -4.58. The zero-order valence-corrected chi connectivity index (χ0v) is 17.2. The summed E-state index contributed by atoms with van der Waals surface area (Å²) < 4.78 is 74.2. The van der Waals surface area contributed by atoms with E-state index < -0.39 is 33.2 Å². The molecule has 3 rings (SSSR count). The third-order valence-corrected chi connectivity index (χ3v) is 6.35. The molecule has 11 heteroatoms. The van der Waals surface area contributed by atoms with Crippen LogP contribution < -0.4 is 14.8 Å². The molecule has 0 bridgehead atoms. The lowest BCUT2D eigenvalue weighted by Gasteiger charge is -2.23. The molecule has 1 amide bonds. The van der Waals surface area contributed by atoms with E-state index in [0.717, 1.165) is 6.07 Å². The van der Waals surface area contributed by atoms with E-state index in [1.807, 2.05) is 0 Å². The third kappa shape index (κ3) is 3.94. The molecule has 2 aromatic rings. The normalized spacial score (nSPS) is 20.6. The van der Waals surface area contributed by atoms with Gasteiger partial charge < -0.3 is 14.6 Å². The number of hydrogen-bond acceptors (Lipinski definition) is 4. The monoisotopic (exact) mass is 443 g/mol. The number of alkyl halides is 3. The predicted octanol–water partition coefficient (Wildman–Crippen LogP) is 3.22. The Kier molecular flexibility index (Phi) is 5.23. The Morgan fingerprint density at radius 1 is 1.40 bits per heavy atom. The van der Waals surface area contributed by atoms with Crippen LogP contribution in [0, 0.1) is 6.92 Å². The van der Waals surface area contributed by atoms with Gasteiger partial charge in [-0.2, -0.15) is 17.9 Å². The molecule has 0 aliphatic carbocycles. The lowest BCUT2D eigenvalue weighted by molar-refractivity contribution is -0.138. The van der Waals surface area contributed by atoms with Crippen molar-refractivity contribution < 1.29 is 31.1 Å². The van der Waals surface area contributed by atoms with Crippen LogP contribution in [0.1, 0.15) is 28.5 Å². The molecular formula is C19H20F3N3O4S. The number of fused-ring (bicyclic) bond motifs is 1. The number of carbonyl (C=O) groups excluding carboxylic acids is 1. The number of aromatic nitrogens is 1. The summed E-state index contributed by atoms with van der Waals surface area (Å²) in [4.78, 5) is 12.6. The summed E-state index contributed by atoms with van der Waals surface area (Å²) in [6.45, 7) is 6.34. The third-order valence-electron chi connectivity index (χ3n) is 4.74. The highest BCUT2D eigenvalue weighted by Crippen LogP contribution is 2.36. The maximum Gasteiger partial charge on any atom is 0.416 e. The van der Waals surface area contributed by atoms with Crippen molar-refractivity contribution in [2.45, 2.75) is 30.5 Å². The average Bonchev–Trinajstić information content (AvgIpc) is 2.93. The second kappa shape index (κ2) is 7.17. The van der Waals surface area contributed by atoms with Gasteiger partial charge in [0, 0.05) is 18.9 Å². The number of aryl methyl sites for hydroxylation is 2. The van der Waals surface area contributed by atoms with Crippen molar-refractivity contribution >= 4 is 21.6 Å². The molecule has 0 saturated carbocycles. The van der Waals surface area contributed by atoms with Crippen LogP contribution in [0.4, 0.5) is 18.9 Å². The molecule has 1 atom stereocenters. The highest BCUT2D eigenvalue weighted by Gasteiger charge is 2.39. The molecule has 162 valence electrons. The van der Waals surface area contributed by atoms with Gasteiger partial charge in [-0.25, -0.2) is 8.42 Å². The Balaban J connectivity index is 2.01. The van der Waals surface area contributed by atoms with E-state index in [-0.39, 0.29) is 34.2 Å². The zero-order chi connectivity index (χ0) is 22.5. The van der Waals surface area contributed by atoms with Crippen LogP contribution >= 0.6 is 0 Å². The summed E-state index contributed by atoms with van der Waals surface area (Å²) in [5.41, 5.74) is -2.19. The van der Waals surface area contributed by atoms with E-state index in [2.05, 4.69) is 16.6 Å². The van der Waals surface area contributed by atoms with Gasteiger partial charge in [-0.3, -0.25) is 4.79 Å². The first-order valence-corrected chi connectivity index (χ1v) is 10.2. The van der Waals surface area contributed by atoms with Gasteiger partial charge in [0.15, 0.2) is 11.4 Å². The molecule has 1 aromatic heterocycles. The van der Waals surface area contributed by atoms with E-state index in [9.17, 15) is 26.4 Å². The van der Waals surface area contributed by atoms with E-state index in [1.165, 1.54) is 42.9 Å². The maximum atomic E-state index is 13.1. The fraction of sp³-hybridized carbons (Fsp3) is 0.316. The minimum absolute atomic E-state index is 0.0115. The van der Waals surface area contributed by atoms with E-state index in [0.29, 0.717) is 0 Å². The topological polar surface area (TPSA) is 89.4 Å². The van der Waals surface area contributed by atoms with Crippen molar-refractivity contribution in [3.8, 4) is 5.75 Å². The first-order valence-electron chi connectivity index (χ1n) is 8.76. The van der Waals surface area contributed by atoms with Crippen molar-refractivity contribution in [1.29, 1.82) is 0 Å². The van der Waals surface area contributed by atoms with E-state index >= 15 is 0 Å². The Bertz CT molecular complexity index is 1140. The average molecular weight is 443 g/mol. The van der Waals surface area contributed by atoms with E-state index in [4.69, 9.17) is 4.74 Å². The van der Waals surface area contributed by atoms with Crippen molar-refractivity contribution in [2.24, 2.45) is 7.05 Å². The smallest absolute Gasteiger partial charge is 0.416 e. The lowest BCUT2D eigenvalue weighted by Crippen LogP contribution is -2.46. The van der Waals surface area contributed by atoms with Crippen LogP contribution in [0.2, 0.25) is 0 Å². The molecule has 1 unspecified atom stereocenters. The number of anilines is 1. The number of nitrogens with zero attached hydrogens (tertiary/aromatic N) is 1. The van der Waals surface area contributed by atoms with Gasteiger partial charge in [0.25, 0.3) is 5.91 Å². The van der Waals surface area contributed by atoms with Crippen LogP contribution in [0.25, 0.3) is 0 Å². The van der Waals surface area contributed by atoms with E-state index in [1.54, 1.807) is 6.92 Å². The zero-order valence-electron chi connectivity index (χ0n) is 16.4. The summed E-state index contributed by atoms with van der Waals surface area (Å²) in [5.74, 6) is -0.996. The number of halogens is 3. The molecule has 2 N–H and O–H groups in total. The van der Waals surface area contributed by atoms with Crippen LogP contribution in [0.15, 0.2) is 41.9 Å². The van der Waals surface area contributed by atoms with Gasteiger partial charge in [0.2, 0.25) is 10.0 Å². The number of sulfonamides is 1. The van der Waals surface area contributed by atoms with Gasteiger partial charge >= 0.3 is 6.18 Å². The number of rotatable bonds is 3. The fourth-order valence-electron chi connectivity index (χ4n) is 3.08. The SMILES string of the molecule is C=CC1(C)COc2c(cn(C)c2C(=O)Nc2ccc(C)c(C(F)(F)F)c2)S(=O)(=O)N1. The molecule has 2 heterocycles. The number of amides is 1. The quantitative estimate of drug-likeness (QED) is 0.713. The Morgan fingerprint density at radius 3 is 2.67 bits per heavy atom. The lowest BCUT2D eigenvalue weighted by atomic mass is 10.1. The number of ether oxygens (including phenoxy) is 1. The molecule has 0 fully saturated rings. The van der Waals surface area contributed by atoms with Crippen molar-refractivity contribution in [2.75, 3.05) is 11.9 Å². The minimum Gasteiger partial charge on any atom is -0.487 e. The number of benzene rings is 1. The molecule has 0 radical (unpaired) electrons. The van der Waals surface area contributed by atoms with Crippen molar-refractivity contribution in [3.05, 3.63) is 53.9 Å². The molecule has 0 spiro atoms. The maximum absolute atomic E-state index is 13.1. The van der Waals surface area contributed by atoms with Gasteiger partial charge in [0.05, 0.1) is 11.1 Å². The van der Waals surface area contributed by atoms with Gasteiger partial charge in [-0.1, -0.05) is 12.1 Å². The first kappa shape index (κ1) is 21.9. The second-order valence-electron chi connectivity index (χ2n) is 7.28. The number of nitrogens with one attached hydrogen (secondary N) is 2. The largest absolute Gasteiger partial charge is 0.487 e. The summed E-state index contributed by atoms with van der Waals surface area (Å²) in [7, 11) is -2.60. The van der Waals surface area contributed by atoms with Gasteiger partial charge in [-0.05, 0) is 31.5 Å². The summed E-state index contributed by atoms with van der Waals surface area (Å²) >= 11 is 0. The predicted molar refractivity (Wildman–Crippen MR) is 104 cm³/mol. The highest BCUT2D eigenvalue weighted by atomic mass is 32.2.